The molecule has 7 nitrogen and oxygen atoms in total. The summed E-state index contributed by atoms with van der Waals surface area (Å²) in [5.41, 5.74) is 0. The molecule has 90 valence electrons. The molecule has 0 radical (unpaired) electrons. The Morgan fingerprint density at radius 3 is 3.06 bits per heavy atom. The summed E-state index contributed by atoms with van der Waals surface area (Å²) < 4.78 is 10.1. The molecule has 1 heterocycles. The van der Waals surface area contributed by atoms with Crippen LogP contribution in [0, 0.1) is 0 Å². The van der Waals surface area contributed by atoms with Gasteiger partial charge in [-0.2, -0.15) is 0 Å². The highest BCUT2D eigenvalue weighted by Gasteiger charge is 2.06. The lowest BCUT2D eigenvalue weighted by atomic mass is 10.2. The number of carboxylic acid groups (broad SMARTS) is 1. The number of carbonyl (C=O) groups is 1. The monoisotopic (exact) mass is 229 g/mol. The number of ether oxygens (including phenoxy) is 1. The van der Waals surface area contributed by atoms with E-state index in [-0.39, 0.29) is 6.42 Å². The maximum atomic E-state index is 10.3. The zero-order valence-corrected chi connectivity index (χ0v) is 9.10. The molecule has 0 unspecified atom stereocenters. The van der Waals surface area contributed by atoms with E-state index in [2.05, 4.69) is 15.5 Å². The van der Waals surface area contributed by atoms with E-state index in [1.807, 2.05) is 0 Å². The van der Waals surface area contributed by atoms with Crippen LogP contribution in [0.5, 0.6) is 0 Å². The molecule has 0 saturated carbocycles. The van der Waals surface area contributed by atoms with Crippen LogP contribution in [0.4, 0.5) is 6.01 Å². The summed E-state index contributed by atoms with van der Waals surface area (Å²) in [6, 6.07) is 0.336. The molecule has 0 amide bonds. The van der Waals surface area contributed by atoms with Crippen molar-refractivity contribution in [3.8, 4) is 0 Å². The van der Waals surface area contributed by atoms with Crippen molar-refractivity contribution >= 4 is 12.0 Å². The molecule has 1 rings (SSSR count). The van der Waals surface area contributed by atoms with Gasteiger partial charge in [-0.3, -0.25) is 4.79 Å². The molecule has 1 aromatic heterocycles. The fraction of sp³-hybridized carbons (Fsp3) is 0.667. The van der Waals surface area contributed by atoms with E-state index in [0.29, 0.717) is 37.9 Å². The third-order valence-corrected chi connectivity index (χ3v) is 1.83. The Morgan fingerprint density at radius 1 is 1.56 bits per heavy atom. The highest BCUT2D eigenvalue weighted by atomic mass is 16.5. The minimum Gasteiger partial charge on any atom is -0.481 e. The number of carboxylic acids is 1. The number of anilines is 1. The first-order valence-corrected chi connectivity index (χ1v) is 4.99. The largest absolute Gasteiger partial charge is 0.481 e. The van der Waals surface area contributed by atoms with Gasteiger partial charge in [-0.1, -0.05) is 5.10 Å². The van der Waals surface area contributed by atoms with Gasteiger partial charge < -0.3 is 19.6 Å². The number of nitrogens with one attached hydrogen (secondary N) is 1. The van der Waals surface area contributed by atoms with Gasteiger partial charge in [-0.15, -0.1) is 5.10 Å². The van der Waals surface area contributed by atoms with Crippen LogP contribution in [0.1, 0.15) is 18.7 Å². The van der Waals surface area contributed by atoms with Gasteiger partial charge in [0.1, 0.15) is 0 Å². The summed E-state index contributed by atoms with van der Waals surface area (Å²) in [6.07, 6.45) is 1.08. The van der Waals surface area contributed by atoms with E-state index in [1.54, 1.807) is 7.11 Å². The van der Waals surface area contributed by atoms with Crippen molar-refractivity contribution in [2.24, 2.45) is 0 Å². The maximum absolute atomic E-state index is 10.3. The van der Waals surface area contributed by atoms with Gasteiger partial charge in [-0.05, 0) is 6.42 Å². The van der Waals surface area contributed by atoms with E-state index in [1.165, 1.54) is 0 Å². The van der Waals surface area contributed by atoms with Crippen molar-refractivity contribution < 1.29 is 19.1 Å². The van der Waals surface area contributed by atoms with Gasteiger partial charge in [0.2, 0.25) is 5.89 Å². The summed E-state index contributed by atoms with van der Waals surface area (Å²) in [7, 11) is 1.60. The zero-order chi connectivity index (χ0) is 11.8. The first-order valence-electron chi connectivity index (χ1n) is 4.99. The van der Waals surface area contributed by atoms with Gasteiger partial charge >= 0.3 is 12.0 Å². The van der Waals surface area contributed by atoms with E-state index in [0.717, 1.165) is 0 Å². The van der Waals surface area contributed by atoms with Gasteiger partial charge in [0.05, 0.1) is 6.61 Å². The van der Waals surface area contributed by atoms with Crippen LogP contribution in [-0.2, 0) is 16.0 Å². The predicted molar refractivity (Wildman–Crippen MR) is 55.2 cm³/mol. The Kier molecular flexibility index (Phi) is 5.27. The van der Waals surface area contributed by atoms with Gasteiger partial charge in [0.25, 0.3) is 0 Å². The Balaban J connectivity index is 2.25. The lowest BCUT2D eigenvalue weighted by molar-refractivity contribution is -0.137. The zero-order valence-electron chi connectivity index (χ0n) is 9.10. The van der Waals surface area contributed by atoms with Crippen molar-refractivity contribution in [3.05, 3.63) is 5.89 Å². The number of hydrogen-bond acceptors (Lipinski definition) is 6. The number of rotatable bonds is 8. The standard InChI is InChI=1S/C9H15N3O4/c1-15-6-5-10-9-12-11-7(16-9)3-2-4-8(13)14/h2-6H2,1H3,(H,10,12)(H,13,14). The average molecular weight is 229 g/mol. The minimum atomic E-state index is -0.821. The summed E-state index contributed by atoms with van der Waals surface area (Å²) in [5, 5.41) is 18.9. The van der Waals surface area contributed by atoms with Gasteiger partial charge in [0.15, 0.2) is 0 Å². The van der Waals surface area contributed by atoms with E-state index >= 15 is 0 Å². The van der Waals surface area contributed by atoms with E-state index < -0.39 is 5.97 Å². The molecule has 0 bridgehead atoms. The number of aryl methyl sites for hydroxylation is 1. The van der Waals surface area contributed by atoms with Crippen LogP contribution < -0.4 is 5.32 Å². The van der Waals surface area contributed by atoms with E-state index in [9.17, 15) is 4.79 Å². The smallest absolute Gasteiger partial charge is 0.315 e. The molecule has 0 saturated heterocycles. The Hall–Kier alpha value is -1.63. The second kappa shape index (κ2) is 6.78. The highest BCUT2D eigenvalue weighted by molar-refractivity contribution is 5.66. The Labute approximate surface area is 92.8 Å². The number of aliphatic carboxylic acids is 1. The summed E-state index contributed by atoms with van der Waals surface area (Å²) in [4.78, 5) is 10.3. The molecule has 16 heavy (non-hydrogen) atoms. The van der Waals surface area contributed by atoms with Crippen molar-refractivity contribution in [3.63, 3.8) is 0 Å². The van der Waals surface area contributed by atoms with Crippen molar-refractivity contribution in [2.75, 3.05) is 25.6 Å². The molecular weight excluding hydrogens is 214 g/mol. The SMILES string of the molecule is COCCNc1nnc(CCCC(=O)O)o1. The molecule has 0 aliphatic heterocycles. The van der Waals surface area contributed by atoms with E-state index in [4.69, 9.17) is 14.3 Å². The topological polar surface area (TPSA) is 97.5 Å². The summed E-state index contributed by atoms with van der Waals surface area (Å²) in [6.45, 7) is 1.14. The first kappa shape index (κ1) is 12.4. The maximum Gasteiger partial charge on any atom is 0.315 e. The molecule has 0 fully saturated rings. The number of hydrogen-bond donors (Lipinski definition) is 2. The summed E-state index contributed by atoms with van der Waals surface area (Å²) >= 11 is 0. The summed E-state index contributed by atoms with van der Waals surface area (Å²) in [5.74, 6) is -0.376. The van der Waals surface area contributed by atoms with Crippen LogP contribution in [0.2, 0.25) is 0 Å². The van der Waals surface area contributed by atoms with Crippen LogP contribution >= 0.6 is 0 Å². The van der Waals surface area contributed by atoms with Crippen LogP contribution in [0.25, 0.3) is 0 Å². The number of aromatic nitrogens is 2. The Bertz CT molecular complexity index is 326. The normalized spacial score (nSPS) is 10.3. The van der Waals surface area contributed by atoms with Crippen molar-refractivity contribution in [2.45, 2.75) is 19.3 Å². The molecule has 0 aliphatic rings. The lowest BCUT2D eigenvalue weighted by Crippen LogP contribution is -2.07. The fourth-order valence-electron chi connectivity index (χ4n) is 1.08. The molecule has 0 aromatic carbocycles. The van der Waals surface area contributed by atoms with Crippen molar-refractivity contribution in [1.82, 2.24) is 10.2 Å². The molecule has 2 N–H and O–H groups in total. The third-order valence-electron chi connectivity index (χ3n) is 1.83. The molecule has 0 spiro atoms. The second-order valence-corrected chi connectivity index (χ2v) is 3.17. The molecule has 7 heteroatoms. The Morgan fingerprint density at radius 2 is 2.38 bits per heavy atom. The van der Waals surface area contributed by atoms with Gasteiger partial charge in [-0.25, -0.2) is 0 Å². The highest BCUT2D eigenvalue weighted by Crippen LogP contribution is 2.07. The van der Waals surface area contributed by atoms with Crippen LogP contribution in [0.3, 0.4) is 0 Å². The molecular formula is C9H15N3O4. The average Bonchev–Trinajstić information content (AvgIpc) is 2.66. The number of methoxy groups -OCH3 is 1. The number of nitrogens with zero attached hydrogens (tertiary/aromatic N) is 2. The molecule has 0 atom stereocenters. The lowest BCUT2D eigenvalue weighted by Gasteiger charge is -1.98. The third kappa shape index (κ3) is 4.74. The quantitative estimate of drug-likeness (QED) is 0.627. The molecule has 0 aliphatic carbocycles. The minimum absolute atomic E-state index is 0.106. The van der Waals surface area contributed by atoms with Crippen LogP contribution in [0.15, 0.2) is 4.42 Å². The van der Waals surface area contributed by atoms with Crippen molar-refractivity contribution in [1.29, 1.82) is 0 Å². The predicted octanol–water partition coefficient (Wildman–Crippen LogP) is 0.535. The van der Waals surface area contributed by atoms with Crippen LogP contribution in [-0.4, -0.2) is 41.5 Å². The molecule has 1 aromatic rings. The fourth-order valence-corrected chi connectivity index (χ4v) is 1.08. The second-order valence-electron chi connectivity index (χ2n) is 3.17. The van der Waals surface area contributed by atoms with Gasteiger partial charge in [0, 0.05) is 26.5 Å². The first-order chi connectivity index (χ1) is 7.72.